The van der Waals surface area contributed by atoms with Crippen LogP contribution >= 0.6 is 0 Å². The van der Waals surface area contributed by atoms with Crippen LogP contribution in [0.4, 0.5) is 0 Å². The Morgan fingerprint density at radius 3 is 2.19 bits per heavy atom. The Balaban J connectivity index is 2.43. The molecule has 1 rings (SSSR count). The van der Waals surface area contributed by atoms with Gasteiger partial charge in [0.15, 0.2) is 0 Å². The highest BCUT2D eigenvalue weighted by atomic mass is 16.2. The third kappa shape index (κ3) is 3.51. The molecule has 0 spiro atoms. The number of carbonyl (C=O) groups is 2. The van der Waals surface area contributed by atoms with Gasteiger partial charge in [0.25, 0.3) is 0 Å². The molecule has 4 nitrogen and oxygen atoms in total. The molecule has 0 radical (unpaired) electrons. The van der Waals surface area contributed by atoms with Crippen molar-refractivity contribution in [2.75, 3.05) is 0 Å². The van der Waals surface area contributed by atoms with Gasteiger partial charge in [-0.15, -0.1) is 0 Å². The molecule has 1 fully saturated rings. The minimum atomic E-state index is -0.600. The number of amides is 2. The van der Waals surface area contributed by atoms with Crippen molar-refractivity contribution in [3.8, 4) is 0 Å². The van der Waals surface area contributed by atoms with Gasteiger partial charge in [0.2, 0.25) is 11.8 Å². The van der Waals surface area contributed by atoms with E-state index < -0.39 is 5.54 Å². The first-order chi connectivity index (χ1) is 7.35. The van der Waals surface area contributed by atoms with Crippen LogP contribution in [0.25, 0.3) is 0 Å². The minimum Gasteiger partial charge on any atom is -0.352 e. The lowest BCUT2D eigenvalue weighted by molar-refractivity contribution is -0.129. The molecular formula is C12H22N2O2. The Kier molecular flexibility index (Phi) is 3.94. The molecule has 0 bridgehead atoms. The number of nitrogens with one attached hydrogen (secondary N) is 2. The molecule has 0 aromatic heterocycles. The molecule has 0 aliphatic heterocycles. The Hall–Kier alpha value is -1.06. The monoisotopic (exact) mass is 226 g/mol. The molecule has 0 aromatic carbocycles. The first-order valence-corrected chi connectivity index (χ1v) is 5.95. The molecule has 1 atom stereocenters. The van der Waals surface area contributed by atoms with Gasteiger partial charge in [0.05, 0.1) is 0 Å². The van der Waals surface area contributed by atoms with Crippen molar-refractivity contribution in [1.82, 2.24) is 10.6 Å². The van der Waals surface area contributed by atoms with Crippen molar-refractivity contribution in [1.29, 1.82) is 0 Å². The zero-order chi connectivity index (χ0) is 12.3. The molecule has 1 unspecified atom stereocenters. The van der Waals surface area contributed by atoms with Crippen LogP contribution in [-0.4, -0.2) is 23.4 Å². The molecule has 4 heteroatoms. The van der Waals surface area contributed by atoms with E-state index in [1.165, 1.54) is 6.92 Å². The Morgan fingerprint density at radius 2 is 1.81 bits per heavy atom. The predicted molar refractivity (Wildman–Crippen MR) is 62.8 cm³/mol. The Labute approximate surface area is 97.2 Å². The second-order valence-electron chi connectivity index (χ2n) is 5.27. The molecule has 2 amide bonds. The molecule has 92 valence electrons. The first kappa shape index (κ1) is 13.0. The van der Waals surface area contributed by atoms with Crippen molar-refractivity contribution in [2.45, 2.75) is 58.5 Å². The molecule has 0 heterocycles. The molecule has 1 aliphatic carbocycles. The van der Waals surface area contributed by atoms with E-state index in [0.717, 1.165) is 19.3 Å². The van der Waals surface area contributed by atoms with Crippen LogP contribution in [0.2, 0.25) is 0 Å². The number of carbonyl (C=O) groups excluding carboxylic acids is 2. The summed E-state index contributed by atoms with van der Waals surface area (Å²) in [4.78, 5) is 22.9. The van der Waals surface area contributed by atoms with Gasteiger partial charge in [-0.2, -0.15) is 0 Å². The smallest absolute Gasteiger partial charge is 0.245 e. The fraction of sp³-hybridized carbons (Fsp3) is 0.833. The van der Waals surface area contributed by atoms with E-state index in [0.29, 0.717) is 5.92 Å². The molecule has 1 aliphatic rings. The number of rotatable bonds is 5. The maximum Gasteiger partial charge on any atom is 0.245 e. The highest BCUT2D eigenvalue weighted by Gasteiger charge is 2.50. The highest BCUT2D eigenvalue weighted by Crippen LogP contribution is 2.35. The van der Waals surface area contributed by atoms with Crippen LogP contribution in [0.15, 0.2) is 0 Å². The van der Waals surface area contributed by atoms with E-state index in [4.69, 9.17) is 0 Å². The van der Waals surface area contributed by atoms with Gasteiger partial charge in [-0.1, -0.05) is 13.8 Å². The average Bonchev–Trinajstić information content (AvgIpc) is 2.82. The maximum atomic E-state index is 11.9. The molecule has 16 heavy (non-hydrogen) atoms. The lowest BCUT2D eigenvalue weighted by Gasteiger charge is -2.21. The summed E-state index contributed by atoms with van der Waals surface area (Å²) in [6.45, 7) is 7.71. The second-order valence-corrected chi connectivity index (χ2v) is 5.27. The zero-order valence-corrected chi connectivity index (χ0v) is 10.6. The van der Waals surface area contributed by atoms with Crippen LogP contribution in [0.3, 0.4) is 0 Å². The third-order valence-corrected chi connectivity index (χ3v) is 2.80. The second kappa shape index (κ2) is 4.85. The van der Waals surface area contributed by atoms with Gasteiger partial charge in [-0.3, -0.25) is 9.59 Å². The SMILES string of the molecule is CC(=O)NC1(C(=O)NC(C)CC(C)C)CC1. The zero-order valence-electron chi connectivity index (χ0n) is 10.6. The van der Waals surface area contributed by atoms with Crippen molar-refractivity contribution in [2.24, 2.45) is 5.92 Å². The van der Waals surface area contributed by atoms with Crippen LogP contribution in [0.5, 0.6) is 0 Å². The van der Waals surface area contributed by atoms with Crippen LogP contribution < -0.4 is 10.6 Å². The summed E-state index contributed by atoms with van der Waals surface area (Å²) in [5, 5.41) is 5.70. The normalized spacial score (nSPS) is 19.1. The van der Waals surface area contributed by atoms with Crippen molar-refractivity contribution < 1.29 is 9.59 Å². The van der Waals surface area contributed by atoms with Crippen molar-refractivity contribution in [3.05, 3.63) is 0 Å². The molecule has 0 aromatic rings. The summed E-state index contributed by atoms with van der Waals surface area (Å²) in [5.41, 5.74) is -0.600. The standard InChI is InChI=1S/C12H22N2O2/c1-8(2)7-9(3)13-11(16)12(5-6-12)14-10(4)15/h8-9H,5-7H2,1-4H3,(H,13,16)(H,14,15). The fourth-order valence-electron chi connectivity index (χ4n) is 2.00. The van der Waals surface area contributed by atoms with Crippen molar-refractivity contribution in [3.63, 3.8) is 0 Å². The van der Waals surface area contributed by atoms with Crippen molar-refractivity contribution >= 4 is 11.8 Å². The van der Waals surface area contributed by atoms with Gasteiger partial charge in [-0.05, 0) is 32.1 Å². The average molecular weight is 226 g/mol. The maximum absolute atomic E-state index is 11.9. The van der Waals surface area contributed by atoms with Gasteiger partial charge in [-0.25, -0.2) is 0 Å². The number of hydrogen-bond donors (Lipinski definition) is 2. The number of hydrogen-bond acceptors (Lipinski definition) is 2. The van der Waals surface area contributed by atoms with Gasteiger partial charge >= 0.3 is 0 Å². The lowest BCUT2D eigenvalue weighted by atomic mass is 10.0. The summed E-state index contributed by atoms with van der Waals surface area (Å²) in [6, 6.07) is 0.165. The van der Waals surface area contributed by atoms with Crippen LogP contribution in [-0.2, 0) is 9.59 Å². The third-order valence-electron chi connectivity index (χ3n) is 2.80. The van der Waals surface area contributed by atoms with E-state index >= 15 is 0 Å². The van der Waals surface area contributed by atoms with E-state index in [2.05, 4.69) is 24.5 Å². The van der Waals surface area contributed by atoms with E-state index in [1.807, 2.05) is 6.92 Å². The first-order valence-electron chi connectivity index (χ1n) is 5.95. The molecular weight excluding hydrogens is 204 g/mol. The summed E-state index contributed by atoms with van der Waals surface area (Å²) in [7, 11) is 0. The lowest BCUT2D eigenvalue weighted by Crippen LogP contribution is -2.50. The summed E-state index contributed by atoms with van der Waals surface area (Å²) < 4.78 is 0. The topological polar surface area (TPSA) is 58.2 Å². The summed E-state index contributed by atoms with van der Waals surface area (Å²) in [6.07, 6.45) is 2.47. The van der Waals surface area contributed by atoms with Gasteiger partial charge in [0.1, 0.15) is 5.54 Å². The quantitative estimate of drug-likeness (QED) is 0.740. The summed E-state index contributed by atoms with van der Waals surface area (Å²) in [5.74, 6) is 0.395. The van der Waals surface area contributed by atoms with Gasteiger partial charge in [0, 0.05) is 13.0 Å². The van der Waals surface area contributed by atoms with E-state index in [-0.39, 0.29) is 17.9 Å². The highest BCUT2D eigenvalue weighted by molar-refractivity contribution is 5.93. The minimum absolute atomic E-state index is 0.0316. The van der Waals surface area contributed by atoms with Crippen LogP contribution in [0, 0.1) is 5.92 Å². The Morgan fingerprint density at radius 1 is 1.25 bits per heavy atom. The summed E-state index contributed by atoms with van der Waals surface area (Å²) >= 11 is 0. The van der Waals surface area contributed by atoms with E-state index in [9.17, 15) is 9.59 Å². The van der Waals surface area contributed by atoms with Gasteiger partial charge < -0.3 is 10.6 Å². The molecule has 2 N–H and O–H groups in total. The largest absolute Gasteiger partial charge is 0.352 e. The molecule has 0 saturated heterocycles. The van der Waals surface area contributed by atoms with E-state index in [1.54, 1.807) is 0 Å². The predicted octanol–water partition coefficient (Wildman–Crippen LogP) is 1.21. The fourth-order valence-corrected chi connectivity index (χ4v) is 2.00. The Bertz CT molecular complexity index is 283. The molecule has 1 saturated carbocycles. The van der Waals surface area contributed by atoms with Crippen LogP contribution in [0.1, 0.15) is 47.0 Å².